The molecule has 2 N–H and O–H groups in total. The zero-order valence-electron chi connectivity index (χ0n) is 19.4. The molecule has 1 saturated heterocycles. The van der Waals surface area contributed by atoms with Crippen molar-refractivity contribution in [1.82, 2.24) is 15.3 Å². The van der Waals surface area contributed by atoms with Gasteiger partial charge < -0.3 is 9.80 Å². The van der Waals surface area contributed by atoms with Gasteiger partial charge in [0.1, 0.15) is 0 Å². The van der Waals surface area contributed by atoms with Gasteiger partial charge in [0.15, 0.2) is 0 Å². The smallest absolute Gasteiger partial charge is 0.243 e. The van der Waals surface area contributed by atoms with Gasteiger partial charge in [-0.25, -0.2) is 5.48 Å². The number of terminal acetylenes is 1. The fraction of sp³-hybridized carbons (Fsp3) is 0.560. The van der Waals surface area contributed by atoms with Crippen molar-refractivity contribution in [1.29, 1.82) is 0 Å². The molecule has 2 aliphatic rings. The van der Waals surface area contributed by atoms with Crippen LogP contribution in [-0.4, -0.2) is 64.7 Å². The van der Waals surface area contributed by atoms with Crippen LogP contribution in [0.5, 0.6) is 0 Å². The average Bonchev–Trinajstić information content (AvgIpc) is 2.86. The maximum atomic E-state index is 12.7. The molecule has 0 radical (unpaired) electrons. The summed E-state index contributed by atoms with van der Waals surface area (Å²) >= 11 is 1.73. The van der Waals surface area contributed by atoms with E-state index in [1.54, 1.807) is 17.2 Å². The predicted molar refractivity (Wildman–Crippen MR) is 133 cm³/mol. The topological polar surface area (TPSA) is 90.0 Å². The Hall–Kier alpha value is -2.50. The lowest BCUT2D eigenvalue weighted by Gasteiger charge is -2.35. The Morgan fingerprint density at radius 2 is 1.48 bits per heavy atom. The van der Waals surface area contributed by atoms with E-state index in [9.17, 15) is 14.4 Å². The quantitative estimate of drug-likeness (QED) is 0.175. The van der Waals surface area contributed by atoms with Crippen molar-refractivity contribution in [3.05, 3.63) is 35.3 Å². The first-order valence-corrected chi connectivity index (χ1v) is 12.6. The Labute approximate surface area is 202 Å². The lowest BCUT2D eigenvalue weighted by atomic mass is 10.1. The molecule has 182 valence electrons. The normalized spacial score (nSPS) is 19.8. The van der Waals surface area contributed by atoms with Crippen LogP contribution in [0, 0.1) is 12.8 Å². The summed E-state index contributed by atoms with van der Waals surface area (Å²) in [6, 6.07) is 0. The molecule has 0 unspecified atom stereocenters. The SMILES string of the molecule is C#C.O=C(CCCCCCC(=O)N1CCN(C(=O)C/C2=C/SC/C=C\C/C=C\C2)CC1)NO. The first-order valence-electron chi connectivity index (χ1n) is 11.5. The third kappa shape index (κ3) is 12.4. The van der Waals surface area contributed by atoms with E-state index in [1.807, 2.05) is 9.80 Å². The lowest BCUT2D eigenvalue weighted by molar-refractivity contribution is -0.139. The number of hydrogen-bond acceptors (Lipinski definition) is 5. The van der Waals surface area contributed by atoms with Gasteiger partial charge in [0.25, 0.3) is 0 Å². The maximum absolute atomic E-state index is 12.7. The van der Waals surface area contributed by atoms with Crippen molar-refractivity contribution in [2.45, 2.75) is 57.8 Å². The number of nitrogens with one attached hydrogen (secondary N) is 1. The fourth-order valence-electron chi connectivity index (χ4n) is 3.60. The maximum Gasteiger partial charge on any atom is 0.243 e. The van der Waals surface area contributed by atoms with Gasteiger partial charge in [0.2, 0.25) is 17.7 Å². The van der Waals surface area contributed by atoms with Crippen LogP contribution in [0.2, 0.25) is 0 Å². The summed E-state index contributed by atoms with van der Waals surface area (Å²) in [6.45, 7) is 2.39. The van der Waals surface area contributed by atoms with Crippen molar-refractivity contribution >= 4 is 29.5 Å². The van der Waals surface area contributed by atoms with E-state index in [0.717, 1.165) is 43.4 Å². The van der Waals surface area contributed by atoms with E-state index in [1.165, 1.54) is 0 Å². The number of hydrogen-bond donors (Lipinski definition) is 2. The standard InChI is InChI=1S/C23H35N3O4S.C2H2/c27-21(24-30)11-7-3-4-8-12-22(28)25-13-15-26(16-14-25)23(29)18-20-10-6-2-1-5-9-17-31-19-20;1-2/h2,5-6,9,19,30H,1,3-4,7-8,10-18H2,(H,24,27);1-2H/b6-2-,9-5-,20-19+;. The van der Waals surface area contributed by atoms with Gasteiger partial charge in [0.05, 0.1) is 0 Å². The second-order valence-corrected chi connectivity index (χ2v) is 8.78. The van der Waals surface area contributed by atoms with Crippen LogP contribution < -0.4 is 5.48 Å². The highest BCUT2D eigenvalue weighted by atomic mass is 32.2. The molecule has 7 nitrogen and oxygen atoms in total. The second-order valence-electron chi connectivity index (χ2n) is 7.88. The number of carbonyl (C=O) groups is 3. The minimum absolute atomic E-state index is 0.143. The Morgan fingerprint density at radius 3 is 2.15 bits per heavy atom. The highest BCUT2D eigenvalue weighted by Gasteiger charge is 2.24. The molecule has 2 rings (SSSR count). The fourth-order valence-corrected chi connectivity index (χ4v) is 4.36. The van der Waals surface area contributed by atoms with Crippen molar-refractivity contribution in [2.24, 2.45) is 0 Å². The summed E-state index contributed by atoms with van der Waals surface area (Å²) in [5.74, 6) is 0.856. The number of allylic oxidation sites excluding steroid dienone is 3. The molecule has 2 heterocycles. The Balaban J connectivity index is 0.00000265. The summed E-state index contributed by atoms with van der Waals surface area (Å²) in [5, 5.41) is 10.6. The summed E-state index contributed by atoms with van der Waals surface area (Å²) in [5.41, 5.74) is 2.77. The Bertz CT molecular complexity index is 722. The highest BCUT2D eigenvalue weighted by molar-refractivity contribution is 8.02. The molecule has 1 fully saturated rings. The molecule has 0 aromatic heterocycles. The largest absolute Gasteiger partial charge is 0.339 e. The van der Waals surface area contributed by atoms with Crippen molar-refractivity contribution in [2.75, 3.05) is 31.9 Å². The monoisotopic (exact) mass is 475 g/mol. The number of thioether (sulfide) groups is 1. The van der Waals surface area contributed by atoms with Gasteiger partial charge in [-0.2, -0.15) is 0 Å². The third-order valence-corrected chi connectivity index (χ3v) is 6.35. The van der Waals surface area contributed by atoms with Crippen LogP contribution in [0.1, 0.15) is 57.8 Å². The molecule has 0 aromatic carbocycles. The minimum Gasteiger partial charge on any atom is -0.339 e. The van der Waals surface area contributed by atoms with Gasteiger partial charge in [-0.15, -0.1) is 24.6 Å². The van der Waals surface area contributed by atoms with E-state index < -0.39 is 0 Å². The zero-order chi connectivity index (χ0) is 24.3. The molecule has 8 heteroatoms. The van der Waals surface area contributed by atoms with Gasteiger partial charge in [-0.1, -0.05) is 42.7 Å². The number of amides is 3. The van der Waals surface area contributed by atoms with Crippen LogP contribution in [0.3, 0.4) is 0 Å². The molecule has 2 aliphatic heterocycles. The number of hydroxylamine groups is 1. The summed E-state index contributed by atoms with van der Waals surface area (Å²) < 4.78 is 0. The van der Waals surface area contributed by atoms with Crippen LogP contribution in [0.15, 0.2) is 35.3 Å². The van der Waals surface area contributed by atoms with Gasteiger partial charge >= 0.3 is 0 Å². The number of rotatable bonds is 9. The number of unbranched alkanes of at least 4 members (excludes halogenated alkanes) is 3. The van der Waals surface area contributed by atoms with E-state index in [-0.39, 0.29) is 17.7 Å². The van der Waals surface area contributed by atoms with E-state index in [4.69, 9.17) is 5.21 Å². The van der Waals surface area contributed by atoms with Crippen LogP contribution in [-0.2, 0) is 14.4 Å². The number of piperazine rings is 1. The van der Waals surface area contributed by atoms with Crippen LogP contribution in [0.25, 0.3) is 0 Å². The van der Waals surface area contributed by atoms with E-state index >= 15 is 0 Å². The number of nitrogens with zero attached hydrogens (tertiary/aromatic N) is 2. The summed E-state index contributed by atoms with van der Waals surface area (Å²) in [6.07, 6.45) is 22.9. The van der Waals surface area contributed by atoms with Crippen molar-refractivity contribution in [3.63, 3.8) is 0 Å². The molecule has 0 saturated carbocycles. The molecule has 0 aromatic rings. The molecule has 33 heavy (non-hydrogen) atoms. The first-order chi connectivity index (χ1) is 16.1. The number of carbonyl (C=O) groups excluding carboxylic acids is 3. The van der Waals surface area contributed by atoms with Crippen LogP contribution in [0.4, 0.5) is 0 Å². The average molecular weight is 476 g/mol. The lowest BCUT2D eigenvalue weighted by Crippen LogP contribution is -2.50. The highest BCUT2D eigenvalue weighted by Crippen LogP contribution is 2.18. The Kier molecular flexibility index (Phi) is 15.6. The summed E-state index contributed by atoms with van der Waals surface area (Å²) in [7, 11) is 0. The van der Waals surface area contributed by atoms with Gasteiger partial charge in [0, 0.05) is 51.2 Å². The van der Waals surface area contributed by atoms with Crippen molar-refractivity contribution < 1.29 is 19.6 Å². The second kappa shape index (κ2) is 18.0. The van der Waals surface area contributed by atoms with E-state index in [2.05, 4.69) is 42.6 Å². The molecular weight excluding hydrogens is 438 g/mol. The predicted octanol–water partition coefficient (Wildman–Crippen LogP) is 3.67. The zero-order valence-corrected chi connectivity index (χ0v) is 20.2. The molecule has 3 amide bonds. The molecule has 0 atom stereocenters. The third-order valence-electron chi connectivity index (χ3n) is 5.46. The molecule has 0 bridgehead atoms. The molecule has 0 aliphatic carbocycles. The first kappa shape index (κ1) is 28.5. The minimum atomic E-state index is -0.368. The summed E-state index contributed by atoms with van der Waals surface area (Å²) in [4.78, 5) is 39.8. The van der Waals surface area contributed by atoms with Crippen molar-refractivity contribution in [3.8, 4) is 12.8 Å². The van der Waals surface area contributed by atoms with Crippen LogP contribution >= 0.6 is 11.8 Å². The van der Waals surface area contributed by atoms with E-state index in [0.29, 0.717) is 51.9 Å². The van der Waals surface area contributed by atoms with Gasteiger partial charge in [-0.05, 0) is 31.1 Å². The molecular formula is C25H37N3O4S. The molecule has 0 spiro atoms. The Morgan fingerprint density at radius 1 is 0.879 bits per heavy atom. The van der Waals surface area contributed by atoms with Gasteiger partial charge in [-0.3, -0.25) is 19.6 Å².